The molecule has 1 amide bonds. The first-order chi connectivity index (χ1) is 15.0. The number of halogens is 1. The number of nitrogens with zero attached hydrogens (tertiary/aromatic N) is 3. The Bertz CT molecular complexity index is 1160. The lowest BCUT2D eigenvalue weighted by molar-refractivity contribution is -0.118. The molecule has 1 aromatic heterocycles. The van der Waals surface area contributed by atoms with Crippen molar-refractivity contribution in [2.24, 2.45) is 16.7 Å². The average molecular weight is 437 g/mol. The third-order valence-electron chi connectivity index (χ3n) is 5.38. The van der Waals surface area contributed by atoms with Crippen LogP contribution in [0.2, 0.25) is 5.02 Å². The van der Waals surface area contributed by atoms with Crippen LogP contribution >= 0.6 is 11.6 Å². The minimum absolute atomic E-state index is 0.0930. The summed E-state index contributed by atoms with van der Waals surface area (Å²) < 4.78 is 5.00. The van der Waals surface area contributed by atoms with E-state index >= 15 is 0 Å². The van der Waals surface area contributed by atoms with Gasteiger partial charge in [-0.2, -0.15) is 5.10 Å². The van der Waals surface area contributed by atoms with E-state index in [9.17, 15) is 4.79 Å². The molecule has 0 aliphatic heterocycles. The van der Waals surface area contributed by atoms with Gasteiger partial charge in [0.1, 0.15) is 0 Å². The molecule has 0 saturated heterocycles. The van der Waals surface area contributed by atoms with Crippen molar-refractivity contribution in [1.29, 1.82) is 0 Å². The minimum Gasteiger partial charge on any atom is -0.467 e. The monoisotopic (exact) mass is 436 g/mol. The third-order valence-corrected chi connectivity index (χ3v) is 5.61. The van der Waals surface area contributed by atoms with Gasteiger partial charge in [-0.15, -0.1) is 0 Å². The van der Waals surface area contributed by atoms with Crippen LogP contribution in [-0.2, 0) is 10.2 Å². The summed E-state index contributed by atoms with van der Waals surface area (Å²) >= 11 is 6.12. The number of carbonyl (C=O) groups is 1. The number of hydrogen-bond donors (Lipinski definition) is 3. The number of carbonyl (C=O) groups excluding carboxylic acids is 1. The fourth-order valence-corrected chi connectivity index (χ4v) is 3.71. The number of ether oxygens (including phenoxy) is 1. The van der Waals surface area contributed by atoms with Gasteiger partial charge in [-0.25, -0.2) is 9.97 Å². The Morgan fingerprint density at radius 2 is 1.94 bits per heavy atom. The van der Waals surface area contributed by atoms with Crippen molar-refractivity contribution in [3.05, 3.63) is 71.0 Å². The van der Waals surface area contributed by atoms with Crippen molar-refractivity contribution >= 4 is 29.0 Å². The summed E-state index contributed by atoms with van der Waals surface area (Å²) in [5.74, 6) is 5.46. The molecule has 1 saturated carbocycles. The van der Waals surface area contributed by atoms with Crippen molar-refractivity contribution in [3.8, 4) is 17.1 Å². The molecule has 0 atom stereocenters. The summed E-state index contributed by atoms with van der Waals surface area (Å²) in [6, 6.07) is 13.0. The van der Waals surface area contributed by atoms with Crippen LogP contribution in [-0.4, -0.2) is 28.8 Å². The topological polar surface area (TPSA) is 129 Å². The van der Waals surface area contributed by atoms with Crippen molar-refractivity contribution in [2.75, 3.05) is 12.4 Å². The van der Waals surface area contributed by atoms with Crippen LogP contribution in [0.15, 0.2) is 60.0 Å². The Kier molecular flexibility index (Phi) is 5.48. The van der Waals surface area contributed by atoms with E-state index < -0.39 is 5.41 Å². The molecule has 0 spiro atoms. The Balaban J connectivity index is 1.64. The van der Waals surface area contributed by atoms with Gasteiger partial charge in [0.05, 0.1) is 12.5 Å². The average Bonchev–Trinajstić information content (AvgIpc) is 3.61. The largest absolute Gasteiger partial charge is 0.467 e. The number of amidine groups is 1. The van der Waals surface area contributed by atoms with Gasteiger partial charge < -0.3 is 21.6 Å². The maximum absolute atomic E-state index is 13.1. The molecule has 31 heavy (non-hydrogen) atoms. The van der Waals surface area contributed by atoms with Crippen LogP contribution in [0.25, 0.3) is 11.1 Å². The van der Waals surface area contributed by atoms with Gasteiger partial charge in [-0.1, -0.05) is 29.8 Å². The van der Waals surface area contributed by atoms with Crippen LogP contribution in [0.4, 0.5) is 5.69 Å². The summed E-state index contributed by atoms with van der Waals surface area (Å²) in [5.41, 5.74) is 8.94. The highest BCUT2D eigenvalue weighted by Crippen LogP contribution is 2.49. The van der Waals surface area contributed by atoms with Gasteiger partial charge in [0.15, 0.2) is 5.84 Å². The normalized spacial score (nSPS) is 14.7. The summed E-state index contributed by atoms with van der Waals surface area (Å²) in [6.07, 6.45) is 4.76. The number of aromatic nitrogens is 2. The second-order valence-corrected chi connectivity index (χ2v) is 7.72. The number of nitrogens with two attached hydrogens (primary N) is 2. The fourth-order valence-electron chi connectivity index (χ4n) is 3.52. The van der Waals surface area contributed by atoms with Crippen LogP contribution in [0.1, 0.15) is 24.0 Å². The molecule has 158 valence electrons. The molecule has 5 N–H and O–H groups in total. The number of amides is 1. The van der Waals surface area contributed by atoms with E-state index in [1.165, 1.54) is 7.11 Å². The highest BCUT2D eigenvalue weighted by atomic mass is 35.5. The molecule has 0 bridgehead atoms. The van der Waals surface area contributed by atoms with Crippen molar-refractivity contribution in [1.82, 2.24) is 9.97 Å². The molecule has 4 rings (SSSR count). The molecular weight excluding hydrogens is 416 g/mol. The molecule has 2 aromatic carbocycles. The molecule has 8 nitrogen and oxygen atoms in total. The summed E-state index contributed by atoms with van der Waals surface area (Å²) in [6.45, 7) is 0. The zero-order chi connectivity index (χ0) is 22.0. The van der Waals surface area contributed by atoms with Crippen molar-refractivity contribution in [2.45, 2.75) is 18.3 Å². The first-order valence-electron chi connectivity index (χ1n) is 9.58. The Labute approximate surface area is 184 Å². The second kappa shape index (κ2) is 8.23. The zero-order valence-electron chi connectivity index (χ0n) is 16.8. The Hall–Kier alpha value is -3.65. The van der Waals surface area contributed by atoms with Crippen LogP contribution in [0.3, 0.4) is 0 Å². The highest BCUT2D eigenvalue weighted by Gasteiger charge is 2.51. The number of rotatable bonds is 6. The van der Waals surface area contributed by atoms with Gasteiger partial charge in [-0.3, -0.25) is 4.79 Å². The molecule has 0 radical (unpaired) electrons. The van der Waals surface area contributed by atoms with Crippen LogP contribution < -0.4 is 21.6 Å². The van der Waals surface area contributed by atoms with E-state index in [0.717, 1.165) is 24.0 Å². The molecule has 1 fully saturated rings. The number of benzene rings is 2. The zero-order valence-corrected chi connectivity index (χ0v) is 17.6. The lowest BCUT2D eigenvalue weighted by atomic mass is 9.94. The number of methoxy groups -OCH3 is 1. The Morgan fingerprint density at radius 3 is 2.55 bits per heavy atom. The maximum Gasteiger partial charge on any atom is 0.316 e. The molecule has 1 heterocycles. The lowest BCUT2D eigenvalue weighted by Crippen LogP contribution is -2.28. The van der Waals surface area contributed by atoms with Crippen molar-refractivity contribution < 1.29 is 9.53 Å². The van der Waals surface area contributed by atoms with E-state index in [-0.39, 0.29) is 17.8 Å². The summed E-state index contributed by atoms with van der Waals surface area (Å²) in [4.78, 5) is 21.4. The number of hydrogen-bond acceptors (Lipinski definition) is 6. The van der Waals surface area contributed by atoms with E-state index in [1.807, 2.05) is 24.3 Å². The summed E-state index contributed by atoms with van der Waals surface area (Å²) in [7, 11) is 1.49. The smallest absolute Gasteiger partial charge is 0.316 e. The van der Waals surface area contributed by atoms with Crippen molar-refractivity contribution in [3.63, 3.8) is 0 Å². The number of anilines is 1. The van der Waals surface area contributed by atoms with Gasteiger partial charge in [-0.05, 0) is 48.2 Å². The maximum atomic E-state index is 13.1. The second-order valence-electron chi connectivity index (χ2n) is 7.28. The minimum atomic E-state index is -0.568. The quantitative estimate of drug-likeness (QED) is 0.236. The molecule has 1 aliphatic carbocycles. The molecule has 1 aliphatic rings. The number of nitrogens with one attached hydrogen (secondary N) is 1. The predicted molar refractivity (Wildman–Crippen MR) is 120 cm³/mol. The molecular formula is C22H21ClN6O2. The van der Waals surface area contributed by atoms with E-state index in [0.29, 0.717) is 21.8 Å². The predicted octanol–water partition coefficient (Wildman–Crippen LogP) is 3.05. The third kappa shape index (κ3) is 4.02. The highest BCUT2D eigenvalue weighted by molar-refractivity contribution is 6.30. The SMILES string of the molecule is COc1ncc(-c2ccc(NC(=O)C3(c4cccc(Cl)c4)CC3)cc2/C(N)=N/N)cn1. The van der Waals surface area contributed by atoms with E-state index in [2.05, 4.69) is 20.4 Å². The van der Waals surface area contributed by atoms with Gasteiger partial charge in [0.2, 0.25) is 5.91 Å². The molecule has 0 unspecified atom stereocenters. The van der Waals surface area contributed by atoms with Crippen LogP contribution in [0.5, 0.6) is 6.01 Å². The molecule has 3 aromatic rings. The molecule has 9 heteroatoms. The number of hydrazone groups is 1. The Morgan fingerprint density at radius 1 is 1.19 bits per heavy atom. The lowest BCUT2D eigenvalue weighted by Gasteiger charge is -2.17. The van der Waals surface area contributed by atoms with Gasteiger partial charge in [0.25, 0.3) is 0 Å². The van der Waals surface area contributed by atoms with Gasteiger partial charge in [0, 0.05) is 34.2 Å². The van der Waals surface area contributed by atoms with E-state index in [4.69, 9.17) is 27.9 Å². The summed E-state index contributed by atoms with van der Waals surface area (Å²) in [5, 5.41) is 7.22. The standard InChI is InChI=1S/C22H21ClN6O2/c1-31-21-26-11-13(12-27-21)17-6-5-16(10-18(17)19(24)29-25)28-20(30)22(7-8-22)14-3-2-4-15(23)9-14/h2-6,9-12H,7-8,25H2,1H3,(H2,24,29)(H,28,30). The first-order valence-corrected chi connectivity index (χ1v) is 9.96. The fraction of sp³-hybridized carbons (Fsp3) is 0.182. The van der Waals surface area contributed by atoms with E-state index in [1.54, 1.807) is 30.6 Å². The van der Waals surface area contributed by atoms with Crippen LogP contribution in [0, 0.1) is 0 Å². The van der Waals surface area contributed by atoms with Gasteiger partial charge >= 0.3 is 6.01 Å². The first kappa shape index (κ1) is 20.6.